The van der Waals surface area contributed by atoms with Crippen molar-refractivity contribution in [3.8, 4) is 0 Å². The van der Waals surface area contributed by atoms with E-state index in [-0.39, 0.29) is 0 Å². The van der Waals surface area contributed by atoms with E-state index in [1.165, 1.54) is 11.1 Å². The fourth-order valence-electron chi connectivity index (χ4n) is 2.97. The maximum Gasteiger partial charge on any atom is 0.0850 e. The predicted molar refractivity (Wildman–Crippen MR) is 82.0 cm³/mol. The maximum absolute atomic E-state index is 6.50. The Balaban J connectivity index is 1.91. The summed E-state index contributed by atoms with van der Waals surface area (Å²) in [5.41, 5.74) is 4.95. The van der Waals surface area contributed by atoms with Crippen LogP contribution in [0.5, 0.6) is 0 Å². The van der Waals surface area contributed by atoms with Crippen molar-refractivity contribution in [3.05, 3.63) is 51.8 Å². The first-order valence-corrected chi connectivity index (χ1v) is 7.67. The number of nitrogens with one attached hydrogen (secondary N) is 1. The highest BCUT2D eigenvalue weighted by molar-refractivity contribution is 6.31. The first-order chi connectivity index (χ1) is 9.74. The van der Waals surface area contributed by atoms with Crippen molar-refractivity contribution in [1.82, 2.24) is 15.1 Å². The molecule has 0 fully saturated rings. The highest BCUT2D eigenvalue weighted by atomic mass is 35.5. The highest BCUT2D eigenvalue weighted by Gasteiger charge is 2.25. The molecule has 106 valence electrons. The van der Waals surface area contributed by atoms with E-state index in [0.717, 1.165) is 42.3 Å². The van der Waals surface area contributed by atoms with Gasteiger partial charge in [-0.15, -0.1) is 0 Å². The van der Waals surface area contributed by atoms with Crippen LogP contribution in [-0.4, -0.2) is 9.78 Å². The molecule has 0 bridgehead atoms. The minimum atomic E-state index is 0.343. The van der Waals surface area contributed by atoms with Crippen LogP contribution < -0.4 is 5.32 Å². The number of rotatable bonds is 4. The third-order valence-electron chi connectivity index (χ3n) is 4.06. The van der Waals surface area contributed by atoms with Crippen molar-refractivity contribution in [2.75, 3.05) is 0 Å². The van der Waals surface area contributed by atoms with Crippen molar-refractivity contribution < 1.29 is 0 Å². The van der Waals surface area contributed by atoms with Crippen molar-refractivity contribution >= 4 is 11.6 Å². The molecule has 0 radical (unpaired) electrons. The summed E-state index contributed by atoms with van der Waals surface area (Å²) in [6.07, 6.45) is 1.78. The molecule has 20 heavy (non-hydrogen) atoms. The molecule has 1 aromatic carbocycles. The van der Waals surface area contributed by atoms with Crippen LogP contribution in [0.15, 0.2) is 24.3 Å². The van der Waals surface area contributed by atoms with Gasteiger partial charge in [-0.3, -0.25) is 4.68 Å². The Labute approximate surface area is 124 Å². The molecule has 1 aliphatic rings. The summed E-state index contributed by atoms with van der Waals surface area (Å²) in [5, 5.41) is 9.03. The molecule has 3 nitrogen and oxygen atoms in total. The van der Waals surface area contributed by atoms with E-state index in [0.29, 0.717) is 6.04 Å². The van der Waals surface area contributed by atoms with E-state index in [1.54, 1.807) is 0 Å². The molecule has 1 aliphatic heterocycles. The van der Waals surface area contributed by atoms with Crippen molar-refractivity contribution in [2.24, 2.45) is 0 Å². The van der Waals surface area contributed by atoms with Crippen LogP contribution in [0.25, 0.3) is 0 Å². The predicted octanol–water partition coefficient (Wildman–Crippen LogP) is 3.51. The van der Waals surface area contributed by atoms with Crippen LogP contribution >= 0.6 is 11.6 Å². The van der Waals surface area contributed by atoms with E-state index in [1.807, 2.05) is 4.68 Å². The number of hydrogen-bond donors (Lipinski definition) is 1. The average molecular weight is 290 g/mol. The van der Waals surface area contributed by atoms with Gasteiger partial charge in [0.15, 0.2) is 0 Å². The van der Waals surface area contributed by atoms with Gasteiger partial charge in [0.2, 0.25) is 0 Å². The van der Waals surface area contributed by atoms with Gasteiger partial charge < -0.3 is 5.32 Å². The molecule has 0 spiro atoms. The van der Waals surface area contributed by atoms with Crippen molar-refractivity contribution in [3.63, 3.8) is 0 Å². The molecule has 1 aromatic heterocycles. The third kappa shape index (κ3) is 2.25. The second-order valence-electron chi connectivity index (χ2n) is 5.21. The highest BCUT2D eigenvalue weighted by Crippen LogP contribution is 2.31. The summed E-state index contributed by atoms with van der Waals surface area (Å²) in [6.45, 7) is 6.02. The number of hydrogen-bond acceptors (Lipinski definition) is 2. The number of halogens is 1. The van der Waals surface area contributed by atoms with Crippen LogP contribution in [-0.2, 0) is 25.9 Å². The van der Waals surface area contributed by atoms with Crippen LogP contribution in [0.3, 0.4) is 0 Å². The van der Waals surface area contributed by atoms with Gasteiger partial charge in [-0.25, -0.2) is 0 Å². The molecule has 4 heteroatoms. The first kappa shape index (κ1) is 13.7. The van der Waals surface area contributed by atoms with Crippen LogP contribution in [0.4, 0.5) is 0 Å². The molecule has 1 N–H and O–H groups in total. The van der Waals surface area contributed by atoms with Gasteiger partial charge in [0.1, 0.15) is 0 Å². The summed E-state index contributed by atoms with van der Waals surface area (Å²) >= 11 is 6.50. The van der Waals surface area contributed by atoms with Gasteiger partial charge in [-0.05, 0) is 24.5 Å². The fourth-order valence-corrected chi connectivity index (χ4v) is 3.31. The smallest absolute Gasteiger partial charge is 0.0850 e. The summed E-state index contributed by atoms with van der Waals surface area (Å²) in [6, 6.07) is 8.95. The zero-order valence-electron chi connectivity index (χ0n) is 12.0. The van der Waals surface area contributed by atoms with Crippen molar-refractivity contribution in [2.45, 2.75) is 45.8 Å². The number of nitrogens with zero attached hydrogens (tertiary/aromatic N) is 2. The van der Waals surface area contributed by atoms with Gasteiger partial charge in [0, 0.05) is 25.6 Å². The van der Waals surface area contributed by atoms with Gasteiger partial charge in [-0.2, -0.15) is 5.10 Å². The lowest BCUT2D eigenvalue weighted by Gasteiger charge is -2.13. The quantitative estimate of drug-likeness (QED) is 0.933. The number of benzene rings is 1. The third-order valence-corrected chi connectivity index (χ3v) is 4.50. The van der Waals surface area contributed by atoms with Crippen LogP contribution in [0.2, 0.25) is 5.02 Å². The Bertz CT molecular complexity index is 618. The lowest BCUT2D eigenvalue weighted by atomic mass is 10.0. The molecular weight excluding hydrogens is 270 g/mol. The zero-order valence-corrected chi connectivity index (χ0v) is 12.7. The molecule has 0 saturated carbocycles. The van der Waals surface area contributed by atoms with E-state index < -0.39 is 0 Å². The number of fused-ring (bicyclic) bond motifs is 1. The van der Waals surface area contributed by atoms with Gasteiger partial charge in [-0.1, -0.05) is 42.8 Å². The maximum atomic E-state index is 6.50. The van der Waals surface area contributed by atoms with Gasteiger partial charge in [0.25, 0.3) is 0 Å². The second-order valence-corrected chi connectivity index (χ2v) is 5.59. The standard InChI is InChI=1S/C16H20ClN3/c1-3-13-16(17)15(20(4-2)19-13)9-14-12-8-6-5-7-11(12)10-18-14/h5-8,14,18H,3-4,9-10H2,1-2H3. The molecule has 0 aliphatic carbocycles. The van der Waals surface area contributed by atoms with E-state index in [2.05, 4.69) is 48.5 Å². The minimum absolute atomic E-state index is 0.343. The molecule has 2 heterocycles. The lowest BCUT2D eigenvalue weighted by Crippen LogP contribution is -2.17. The molecule has 0 saturated heterocycles. The Morgan fingerprint density at radius 1 is 1.35 bits per heavy atom. The van der Waals surface area contributed by atoms with Crippen LogP contribution in [0, 0.1) is 0 Å². The van der Waals surface area contributed by atoms with E-state index in [9.17, 15) is 0 Å². The molecule has 1 unspecified atom stereocenters. The number of aromatic nitrogens is 2. The van der Waals surface area contributed by atoms with Gasteiger partial charge in [0.05, 0.1) is 16.4 Å². The summed E-state index contributed by atoms with van der Waals surface area (Å²) in [4.78, 5) is 0. The summed E-state index contributed by atoms with van der Waals surface area (Å²) in [7, 11) is 0. The fraction of sp³-hybridized carbons (Fsp3) is 0.438. The topological polar surface area (TPSA) is 29.9 Å². The van der Waals surface area contributed by atoms with E-state index in [4.69, 9.17) is 11.6 Å². The Kier molecular flexibility index (Phi) is 3.81. The molecule has 1 atom stereocenters. The SMILES string of the molecule is CCc1nn(CC)c(CC2NCc3ccccc32)c1Cl. The summed E-state index contributed by atoms with van der Waals surface area (Å²) < 4.78 is 2.05. The van der Waals surface area contributed by atoms with Crippen LogP contribution in [0.1, 0.15) is 42.4 Å². The Hall–Kier alpha value is -1.32. The summed E-state index contributed by atoms with van der Waals surface area (Å²) in [5.74, 6) is 0. The molecule has 0 amide bonds. The molecular formula is C16H20ClN3. The lowest BCUT2D eigenvalue weighted by molar-refractivity contribution is 0.536. The Morgan fingerprint density at radius 3 is 2.90 bits per heavy atom. The largest absolute Gasteiger partial charge is 0.305 e. The van der Waals surface area contributed by atoms with E-state index >= 15 is 0 Å². The average Bonchev–Trinajstić information content (AvgIpc) is 3.02. The molecule has 3 rings (SSSR count). The molecule has 2 aromatic rings. The first-order valence-electron chi connectivity index (χ1n) is 7.29. The zero-order chi connectivity index (χ0) is 14.1. The number of aryl methyl sites for hydroxylation is 2. The monoisotopic (exact) mass is 289 g/mol. The van der Waals surface area contributed by atoms with Gasteiger partial charge >= 0.3 is 0 Å². The normalized spacial score (nSPS) is 17.4. The van der Waals surface area contributed by atoms with Crippen molar-refractivity contribution in [1.29, 1.82) is 0 Å². The minimum Gasteiger partial charge on any atom is -0.305 e. The Morgan fingerprint density at radius 2 is 2.15 bits per heavy atom. The second kappa shape index (κ2) is 5.58.